The summed E-state index contributed by atoms with van der Waals surface area (Å²) in [6.07, 6.45) is 1.69. The number of aromatic amines is 1. The van der Waals surface area contributed by atoms with Crippen molar-refractivity contribution in [1.82, 2.24) is 9.97 Å². The maximum absolute atomic E-state index is 11.4. The molecule has 18 heavy (non-hydrogen) atoms. The van der Waals surface area contributed by atoms with Crippen LogP contribution in [-0.2, 0) is 9.84 Å². The fourth-order valence-corrected chi connectivity index (χ4v) is 2.06. The zero-order chi connectivity index (χ0) is 13.8. The standard InChI is InChI=1S/C11H19N3O3S/c1-8(2)11-13-9(7-10(15)14-11)12-5-4-6-18(3,16)17/h7-8H,4-6H2,1-3H3,(H2,12,13,14,15). The van der Waals surface area contributed by atoms with E-state index in [2.05, 4.69) is 15.3 Å². The molecule has 0 radical (unpaired) electrons. The predicted molar refractivity (Wildman–Crippen MR) is 71.8 cm³/mol. The Hall–Kier alpha value is -1.37. The summed E-state index contributed by atoms with van der Waals surface area (Å²) in [4.78, 5) is 18.3. The molecule has 6 nitrogen and oxygen atoms in total. The van der Waals surface area contributed by atoms with E-state index in [0.717, 1.165) is 0 Å². The number of hydrogen-bond donors (Lipinski definition) is 2. The molecule has 102 valence electrons. The van der Waals surface area contributed by atoms with Crippen molar-refractivity contribution in [2.75, 3.05) is 23.9 Å². The second-order valence-electron chi connectivity index (χ2n) is 4.58. The van der Waals surface area contributed by atoms with E-state index in [4.69, 9.17) is 0 Å². The molecular formula is C11H19N3O3S. The lowest BCUT2D eigenvalue weighted by atomic mass is 10.2. The number of nitrogens with zero attached hydrogens (tertiary/aromatic N) is 1. The lowest BCUT2D eigenvalue weighted by Crippen LogP contribution is -2.16. The van der Waals surface area contributed by atoms with Crippen LogP contribution in [0, 0.1) is 0 Å². The first-order valence-corrected chi connectivity index (χ1v) is 7.87. The molecule has 0 unspecified atom stereocenters. The molecule has 0 fully saturated rings. The number of hydrogen-bond acceptors (Lipinski definition) is 5. The smallest absolute Gasteiger partial charge is 0.252 e. The fraction of sp³-hybridized carbons (Fsp3) is 0.636. The Kier molecular flexibility index (Phi) is 4.89. The topological polar surface area (TPSA) is 91.9 Å². The Bertz CT molecular complexity index is 549. The predicted octanol–water partition coefficient (Wildman–Crippen LogP) is 0.740. The van der Waals surface area contributed by atoms with Gasteiger partial charge in [0.2, 0.25) is 0 Å². The normalized spacial score (nSPS) is 11.8. The van der Waals surface area contributed by atoms with Crippen molar-refractivity contribution < 1.29 is 8.42 Å². The number of aromatic nitrogens is 2. The highest BCUT2D eigenvalue weighted by molar-refractivity contribution is 7.90. The molecule has 0 aliphatic carbocycles. The van der Waals surface area contributed by atoms with E-state index in [1.807, 2.05) is 13.8 Å². The van der Waals surface area contributed by atoms with Crippen LogP contribution < -0.4 is 10.9 Å². The molecule has 0 bridgehead atoms. The van der Waals surface area contributed by atoms with Gasteiger partial charge >= 0.3 is 0 Å². The summed E-state index contributed by atoms with van der Waals surface area (Å²) in [6.45, 7) is 4.35. The van der Waals surface area contributed by atoms with Crippen LogP contribution in [0.2, 0.25) is 0 Å². The van der Waals surface area contributed by atoms with E-state index in [1.165, 1.54) is 12.3 Å². The van der Waals surface area contributed by atoms with Crippen LogP contribution in [0.5, 0.6) is 0 Å². The molecule has 0 spiro atoms. The number of H-pyrrole nitrogens is 1. The lowest BCUT2D eigenvalue weighted by Gasteiger charge is -2.08. The fourth-order valence-electron chi connectivity index (χ4n) is 1.39. The third kappa shape index (κ3) is 5.31. The van der Waals surface area contributed by atoms with Gasteiger partial charge in [-0.1, -0.05) is 13.8 Å². The molecule has 2 N–H and O–H groups in total. The summed E-state index contributed by atoms with van der Waals surface area (Å²) in [6, 6.07) is 1.37. The molecule has 1 aromatic rings. The van der Waals surface area contributed by atoms with E-state index in [-0.39, 0.29) is 17.2 Å². The van der Waals surface area contributed by atoms with Crippen molar-refractivity contribution in [3.8, 4) is 0 Å². The summed E-state index contributed by atoms with van der Waals surface area (Å²) in [7, 11) is -2.94. The molecule has 1 aromatic heterocycles. The molecule has 0 saturated carbocycles. The Morgan fingerprint density at radius 1 is 1.44 bits per heavy atom. The quantitative estimate of drug-likeness (QED) is 0.746. The number of nitrogens with one attached hydrogen (secondary N) is 2. The summed E-state index contributed by atoms with van der Waals surface area (Å²) in [5.74, 6) is 1.36. The summed E-state index contributed by atoms with van der Waals surface area (Å²) < 4.78 is 21.9. The SMILES string of the molecule is CC(C)c1nc(NCCCS(C)(=O)=O)cc(=O)[nH]1. The molecule has 1 heterocycles. The molecule has 0 amide bonds. The van der Waals surface area contributed by atoms with Gasteiger partial charge < -0.3 is 10.3 Å². The highest BCUT2D eigenvalue weighted by atomic mass is 32.2. The van der Waals surface area contributed by atoms with Gasteiger partial charge in [-0.15, -0.1) is 0 Å². The minimum Gasteiger partial charge on any atom is -0.370 e. The first-order chi connectivity index (χ1) is 8.28. The largest absolute Gasteiger partial charge is 0.370 e. The van der Waals surface area contributed by atoms with E-state index in [0.29, 0.717) is 24.6 Å². The van der Waals surface area contributed by atoms with Crippen molar-refractivity contribution in [2.24, 2.45) is 0 Å². The third-order valence-corrected chi connectivity index (χ3v) is 3.34. The average molecular weight is 273 g/mol. The first kappa shape index (κ1) is 14.7. The zero-order valence-corrected chi connectivity index (χ0v) is 11.7. The van der Waals surface area contributed by atoms with Gasteiger partial charge in [0.25, 0.3) is 5.56 Å². The van der Waals surface area contributed by atoms with Crippen LogP contribution in [0.1, 0.15) is 32.0 Å². The van der Waals surface area contributed by atoms with Crippen molar-refractivity contribution in [2.45, 2.75) is 26.2 Å². The summed E-state index contributed by atoms with van der Waals surface area (Å²) in [5, 5.41) is 2.96. The molecule has 0 atom stereocenters. The average Bonchev–Trinajstić information content (AvgIpc) is 2.22. The van der Waals surface area contributed by atoms with Gasteiger partial charge in [-0.2, -0.15) is 0 Å². The van der Waals surface area contributed by atoms with Gasteiger partial charge in [0, 0.05) is 24.8 Å². The Balaban J connectivity index is 2.60. The summed E-state index contributed by atoms with van der Waals surface area (Å²) in [5.41, 5.74) is -0.209. The number of rotatable bonds is 6. The first-order valence-electron chi connectivity index (χ1n) is 5.81. The Morgan fingerprint density at radius 3 is 2.67 bits per heavy atom. The zero-order valence-electron chi connectivity index (χ0n) is 10.9. The Labute approximate surface area is 107 Å². The van der Waals surface area contributed by atoms with Crippen LogP contribution in [0.15, 0.2) is 10.9 Å². The van der Waals surface area contributed by atoms with Gasteiger partial charge in [-0.25, -0.2) is 13.4 Å². The van der Waals surface area contributed by atoms with E-state index in [1.54, 1.807) is 0 Å². The van der Waals surface area contributed by atoms with Crippen molar-refractivity contribution in [3.63, 3.8) is 0 Å². The van der Waals surface area contributed by atoms with Gasteiger partial charge in [0.05, 0.1) is 5.75 Å². The van der Waals surface area contributed by atoms with Crippen LogP contribution in [-0.4, -0.2) is 36.9 Å². The molecule has 0 aliphatic rings. The Morgan fingerprint density at radius 2 is 2.11 bits per heavy atom. The number of sulfone groups is 1. The van der Waals surface area contributed by atoms with E-state index in [9.17, 15) is 13.2 Å². The van der Waals surface area contributed by atoms with Gasteiger partial charge in [-0.3, -0.25) is 4.79 Å². The van der Waals surface area contributed by atoms with Crippen molar-refractivity contribution in [1.29, 1.82) is 0 Å². The molecular weight excluding hydrogens is 254 g/mol. The van der Waals surface area contributed by atoms with Crippen LogP contribution in [0.25, 0.3) is 0 Å². The minimum absolute atomic E-state index is 0.125. The maximum Gasteiger partial charge on any atom is 0.252 e. The van der Waals surface area contributed by atoms with Crippen LogP contribution in [0.3, 0.4) is 0 Å². The highest BCUT2D eigenvalue weighted by Crippen LogP contribution is 2.08. The minimum atomic E-state index is -2.94. The number of anilines is 1. The van der Waals surface area contributed by atoms with Gasteiger partial charge in [-0.05, 0) is 6.42 Å². The second-order valence-corrected chi connectivity index (χ2v) is 6.84. The highest BCUT2D eigenvalue weighted by Gasteiger charge is 2.05. The molecule has 0 aromatic carbocycles. The second kappa shape index (κ2) is 5.99. The van der Waals surface area contributed by atoms with Gasteiger partial charge in [0.1, 0.15) is 21.5 Å². The third-order valence-electron chi connectivity index (χ3n) is 2.30. The lowest BCUT2D eigenvalue weighted by molar-refractivity contribution is 0.600. The molecule has 0 aliphatic heterocycles. The molecule has 0 saturated heterocycles. The van der Waals surface area contributed by atoms with E-state index < -0.39 is 9.84 Å². The molecule has 7 heteroatoms. The molecule has 1 rings (SSSR count). The van der Waals surface area contributed by atoms with E-state index >= 15 is 0 Å². The van der Waals surface area contributed by atoms with Gasteiger partial charge in [0.15, 0.2) is 0 Å². The van der Waals surface area contributed by atoms with Crippen molar-refractivity contribution >= 4 is 15.7 Å². The summed E-state index contributed by atoms with van der Waals surface area (Å²) >= 11 is 0. The maximum atomic E-state index is 11.4. The monoisotopic (exact) mass is 273 g/mol. The van der Waals surface area contributed by atoms with Crippen LogP contribution in [0.4, 0.5) is 5.82 Å². The van der Waals surface area contributed by atoms with Crippen molar-refractivity contribution in [3.05, 3.63) is 22.2 Å². The van der Waals surface area contributed by atoms with Crippen LogP contribution >= 0.6 is 0 Å².